The maximum atomic E-state index is 13.2. The van der Waals surface area contributed by atoms with Gasteiger partial charge in [-0.1, -0.05) is 17.4 Å². The van der Waals surface area contributed by atoms with Crippen LogP contribution >= 0.6 is 38.6 Å². The van der Waals surface area contributed by atoms with E-state index >= 15 is 0 Å². The maximum absolute atomic E-state index is 13.2. The monoisotopic (exact) mass is 465 g/mol. The third-order valence-corrected chi connectivity index (χ3v) is 7.19. The Labute approximate surface area is 174 Å². The minimum absolute atomic E-state index is 0.00902. The molecule has 1 aliphatic heterocycles. The number of thiazole rings is 1. The molecule has 0 saturated carbocycles. The van der Waals surface area contributed by atoms with Crippen molar-refractivity contribution in [2.24, 2.45) is 0 Å². The molecule has 1 saturated heterocycles. The molecule has 27 heavy (non-hydrogen) atoms. The summed E-state index contributed by atoms with van der Waals surface area (Å²) < 4.78 is 7.50. The van der Waals surface area contributed by atoms with Crippen LogP contribution in [0, 0.1) is 6.92 Å². The molecule has 1 fully saturated rings. The van der Waals surface area contributed by atoms with E-state index in [-0.39, 0.29) is 5.91 Å². The van der Waals surface area contributed by atoms with Gasteiger partial charge >= 0.3 is 0 Å². The molecule has 1 aromatic carbocycles. The zero-order valence-corrected chi connectivity index (χ0v) is 18.2. The fraction of sp³-hybridized carbons (Fsp3) is 0.368. The molecule has 2 aromatic heterocycles. The molecule has 1 amide bonds. The van der Waals surface area contributed by atoms with Crippen LogP contribution in [0.15, 0.2) is 34.1 Å². The van der Waals surface area contributed by atoms with Crippen molar-refractivity contribution in [1.82, 2.24) is 9.88 Å². The first-order valence-corrected chi connectivity index (χ1v) is 11.3. The van der Waals surface area contributed by atoms with Gasteiger partial charge in [0.25, 0.3) is 5.91 Å². The van der Waals surface area contributed by atoms with Gasteiger partial charge in [0.1, 0.15) is 0 Å². The standard InChI is InChI=1S/C19H20BrN3O2S2/c1-13-2-3-14-16(12-13)27-19(21-14)23(7-6-22-8-10-25-11-9-22)18(24)15-4-5-17(20)26-15/h2-5,12H,6-11H2,1H3. The van der Waals surface area contributed by atoms with E-state index in [9.17, 15) is 4.79 Å². The first kappa shape index (κ1) is 19.0. The van der Waals surface area contributed by atoms with Crippen LogP contribution < -0.4 is 4.90 Å². The maximum Gasteiger partial charge on any atom is 0.270 e. The van der Waals surface area contributed by atoms with Crippen LogP contribution in [0.1, 0.15) is 15.2 Å². The highest BCUT2D eigenvalue weighted by atomic mass is 79.9. The number of fused-ring (bicyclic) bond motifs is 1. The number of hydrogen-bond donors (Lipinski definition) is 0. The number of carbonyl (C=O) groups is 1. The molecule has 0 spiro atoms. The minimum atomic E-state index is 0.00902. The molecule has 142 valence electrons. The summed E-state index contributed by atoms with van der Waals surface area (Å²) in [5.41, 5.74) is 2.14. The number of aryl methyl sites for hydroxylation is 1. The molecule has 0 atom stereocenters. The zero-order valence-electron chi connectivity index (χ0n) is 15.0. The highest BCUT2D eigenvalue weighted by molar-refractivity contribution is 9.11. The fourth-order valence-corrected chi connectivity index (χ4v) is 5.47. The average Bonchev–Trinajstić information content (AvgIpc) is 3.28. The van der Waals surface area contributed by atoms with Crippen molar-refractivity contribution in [1.29, 1.82) is 0 Å². The van der Waals surface area contributed by atoms with Crippen molar-refractivity contribution in [3.8, 4) is 0 Å². The van der Waals surface area contributed by atoms with E-state index in [1.54, 1.807) is 11.3 Å². The summed E-state index contributed by atoms with van der Waals surface area (Å²) in [6.07, 6.45) is 0. The summed E-state index contributed by atoms with van der Waals surface area (Å²) in [6.45, 7) is 6.84. The number of halogens is 1. The van der Waals surface area contributed by atoms with Crippen molar-refractivity contribution >= 4 is 59.9 Å². The van der Waals surface area contributed by atoms with E-state index in [1.165, 1.54) is 16.9 Å². The number of benzene rings is 1. The van der Waals surface area contributed by atoms with Gasteiger partial charge in [-0.05, 0) is 52.7 Å². The molecular weight excluding hydrogens is 446 g/mol. The second kappa shape index (κ2) is 8.36. The van der Waals surface area contributed by atoms with E-state index < -0.39 is 0 Å². The van der Waals surface area contributed by atoms with Crippen LogP contribution in [-0.4, -0.2) is 55.2 Å². The largest absolute Gasteiger partial charge is 0.379 e. The molecule has 8 heteroatoms. The number of aromatic nitrogens is 1. The normalized spacial score (nSPS) is 15.3. The summed E-state index contributed by atoms with van der Waals surface area (Å²) in [5.74, 6) is 0.00902. The number of anilines is 1. The molecule has 0 bridgehead atoms. The van der Waals surface area contributed by atoms with E-state index in [0.29, 0.717) is 6.54 Å². The highest BCUT2D eigenvalue weighted by Crippen LogP contribution is 2.32. The van der Waals surface area contributed by atoms with E-state index in [4.69, 9.17) is 9.72 Å². The summed E-state index contributed by atoms with van der Waals surface area (Å²) in [7, 11) is 0. The van der Waals surface area contributed by atoms with Crippen molar-refractivity contribution in [2.75, 3.05) is 44.3 Å². The molecular formula is C19H20BrN3O2S2. The van der Waals surface area contributed by atoms with Crippen LogP contribution in [0.4, 0.5) is 5.13 Å². The molecule has 4 rings (SSSR count). The van der Waals surface area contributed by atoms with Crippen molar-refractivity contribution in [3.05, 3.63) is 44.6 Å². The highest BCUT2D eigenvalue weighted by Gasteiger charge is 2.24. The molecule has 5 nitrogen and oxygen atoms in total. The van der Waals surface area contributed by atoms with Gasteiger partial charge in [-0.3, -0.25) is 14.6 Å². The van der Waals surface area contributed by atoms with Crippen LogP contribution in [0.2, 0.25) is 0 Å². The lowest BCUT2D eigenvalue weighted by Gasteiger charge is -2.29. The van der Waals surface area contributed by atoms with Crippen molar-refractivity contribution < 1.29 is 9.53 Å². The number of morpholine rings is 1. The zero-order chi connectivity index (χ0) is 18.8. The second-order valence-electron chi connectivity index (χ2n) is 6.48. The Balaban J connectivity index is 1.62. The fourth-order valence-electron chi connectivity index (χ4n) is 3.05. The molecule has 0 aliphatic carbocycles. The quantitative estimate of drug-likeness (QED) is 0.559. The molecule has 0 N–H and O–H groups in total. The van der Waals surface area contributed by atoms with Gasteiger partial charge in [0.2, 0.25) is 0 Å². The number of amides is 1. The number of ether oxygens (including phenoxy) is 1. The minimum Gasteiger partial charge on any atom is -0.379 e. The Kier molecular flexibility index (Phi) is 5.89. The van der Waals surface area contributed by atoms with Crippen LogP contribution in [-0.2, 0) is 4.74 Å². The summed E-state index contributed by atoms with van der Waals surface area (Å²) in [5, 5.41) is 0.762. The van der Waals surface area contributed by atoms with Crippen LogP contribution in [0.25, 0.3) is 10.2 Å². The van der Waals surface area contributed by atoms with Gasteiger partial charge in [-0.15, -0.1) is 11.3 Å². The van der Waals surface area contributed by atoms with Crippen molar-refractivity contribution in [2.45, 2.75) is 6.92 Å². The van der Waals surface area contributed by atoms with Gasteiger partial charge in [-0.25, -0.2) is 4.98 Å². The number of carbonyl (C=O) groups excluding carboxylic acids is 1. The lowest BCUT2D eigenvalue weighted by Crippen LogP contribution is -2.43. The second-order valence-corrected chi connectivity index (χ2v) is 9.95. The van der Waals surface area contributed by atoms with E-state index in [1.807, 2.05) is 23.1 Å². The van der Waals surface area contributed by atoms with E-state index in [0.717, 1.165) is 56.9 Å². The number of nitrogens with zero attached hydrogens (tertiary/aromatic N) is 3. The summed E-state index contributed by atoms with van der Waals surface area (Å²) in [6, 6.07) is 10.00. The third-order valence-electron chi connectivity index (χ3n) is 4.54. The molecule has 0 unspecified atom stereocenters. The lowest BCUT2D eigenvalue weighted by molar-refractivity contribution is 0.0391. The first-order chi connectivity index (χ1) is 13.1. The van der Waals surface area contributed by atoms with Gasteiger partial charge in [0.15, 0.2) is 5.13 Å². The predicted octanol–water partition coefficient (Wildman–Crippen LogP) is 4.41. The predicted molar refractivity (Wildman–Crippen MR) is 115 cm³/mol. The smallest absolute Gasteiger partial charge is 0.270 e. The van der Waals surface area contributed by atoms with Crippen molar-refractivity contribution in [3.63, 3.8) is 0 Å². The Morgan fingerprint density at radius 1 is 1.26 bits per heavy atom. The van der Waals surface area contributed by atoms with Gasteiger partial charge in [0.05, 0.1) is 32.1 Å². The van der Waals surface area contributed by atoms with Crippen LogP contribution in [0.3, 0.4) is 0 Å². The first-order valence-electron chi connectivity index (χ1n) is 8.85. The molecule has 3 aromatic rings. The Hall–Kier alpha value is -1.32. The average molecular weight is 466 g/mol. The third kappa shape index (κ3) is 4.41. The number of hydrogen-bond acceptors (Lipinski definition) is 6. The summed E-state index contributed by atoms with van der Waals surface area (Å²) in [4.78, 5) is 22.8. The molecule has 3 heterocycles. The number of rotatable bonds is 5. The van der Waals surface area contributed by atoms with Gasteiger partial charge in [-0.2, -0.15) is 0 Å². The summed E-state index contributed by atoms with van der Waals surface area (Å²) >= 11 is 6.49. The van der Waals surface area contributed by atoms with Crippen LogP contribution in [0.5, 0.6) is 0 Å². The SMILES string of the molecule is Cc1ccc2nc(N(CCN3CCOCC3)C(=O)c3ccc(Br)s3)sc2c1. The Bertz CT molecular complexity index is 949. The van der Waals surface area contributed by atoms with Gasteiger partial charge < -0.3 is 4.74 Å². The molecule has 1 aliphatic rings. The molecule has 0 radical (unpaired) electrons. The van der Waals surface area contributed by atoms with E-state index in [2.05, 4.69) is 39.9 Å². The Morgan fingerprint density at radius 2 is 2.07 bits per heavy atom. The topological polar surface area (TPSA) is 45.7 Å². The number of thiophene rings is 1. The van der Waals surface area contributed by atoms with Gasteiger partial charge in [0, 0.05) is 26.2 Å². The lowest BCUT2D eigenvalue weighted by atomic mass is 10.2. The Morgan fingerprint density at radius 3 is 2.81 bits per heavy atom.